The van der Waals surface area contributed by atoms with Gasteiger partial charge in [-0.25, -0.2) is 4.98 Å². The summed E-state index contributed by atoms with van der Waals surface area (Å²) >= 11 is 5.71. The lowest BCUT2D eigenvalue weighted by atomic mass is 10.2. The first-order valence-corrected chi connectivity index (χ1v) is 4.56. The van der Waals surface area contributed by atoms with Crippen LogP contribution in [0.4, 0.5) is 0 Å². The summed E-state index contributed by atoms with van der Waals surface area (Å²) < 4.78 is 0. The zero-order chi connectivity index (χ0) is 10.7. The summed E-state index contributed by atoms with van der Waals surface area (Å²) in [5, 5.41) is 0.317. The average Bonchev–Trinajstić information content (AvgIpc) is 2.29. The molecule has 0 bridgehead atoms. The van der Waals surface area contributed by atoms with Crippen LogP contribution in [0.1, 0.15) is 10.5 Å². The summed E-state index contributed by atoms with van der Waals surface area (Å²) in [6.45, 7) is 0. The molecule has 5 heteroatoms. The molecule has 0 atom stereocenters. The number of rotatable bonds is 2. The van der Waals surface area contributed by atoms with Gasteiger partial charge < -0.3 is 0 Å². The Labute approximate surface area is 91.0 Å². The summed E-state index contributed by atoms with van der Waals surface area (Å²) in [6, 6.07) is 3.38. The van der Waals surface area contributed by atoms with Crippen molar-refractivity contribution in [3.8, 4) is 11.3 Å². The van der Waals surface area contributed by atoms with Gasteiger partial charge in [0.1, 0.15) is 10.8 Å². The van der Waals surface area contributed by atoms with Crippen LogP contribution in [0.15, 0.2) is 30.7 Å². The number of carbonyl (C=O) groups excluding carboxylic acids is 1. The molecule has 0 saturated heterocycles. The quantitative estimate of drug-likeness (QED) is 0.725. The Kier molecular flexibility index (Phi) is 2.69. The van der Waals surface area contributed by atoms with E-state index in [9.17, 15) is 4.79 Å². The number of halogens is 1. The van der Waals surface area contributed by atoms with Gasteiger partial charge in [-0.15, -0.1) is 0 Å². The fraction of sp³-hybridized carbons (Fsp3) is 0. The standard InChI is InChI=1S/C10H6ClN3O/c11-10-5-12-4-9(14-10)7-1-2-13-8(3-7)6-15/h1-6H. The first-order valence-electron chi connectivity index (χ1n) is 4.19. The van der Waals surface area contributed by atoms with Crippen LogP contribution in [0.5, 0.6) is 0 Å². The molecular formula is C10H6ClN3O. The molecule has 0 fully saturated rings. The van der Waals surface area contributed by atoms with Gasteiger partial charge in [0.05, 0.1) is 18.1 Å². The molecule has 0 aliphatic carbocycles. The lowest BCUT2D eigenvalue weighted by molar-refractivity contribution is 0.111. The van der Waals surface area contributed by atoms with Crippen molar-refractivity contribution in [1.29, 1.82) is 0 Å². The summed E-state index contributed by atoms with van der Waals surface area (Å²) in [6.07, 6.45) is 5.26. The van der Waals surface area contributed by atoms with E-state index in [1.165, 1.54) is 6.20 Å². The van der Waals surface area contributed by atoms with Crippen molar-refractivity contribution in [1.82, 2.24) is 15.0 Å². The average molecular weight is 220 g/mol. The van der Waals surface area contributed by atoms with Gasteiger partial charge in [-0.05, 0) is 12.1 Å². The lowest BCUT2D eigenvalue weighted by Crippen LogP contribution is -1.90. The molecule has 2 rings (SSSR count). The van der Waals surface area contributed by atoms with Gasteiger partial charge in [-0.3, -0.25) is 14.8 Å². The molecular weight excluding hydrogens is 214 g/mol. The van der Waals surface area contributed by atoms with E-state index in [4.69, 9.17) is 11.6 Å². The summed E-state index contributed by atoms with van der Waals surface area (Å²) in [5.41, 5.74) is 1.74. The number of aldehydes is 1. The summed E-state index contributed by atoms with van der Waals surface area (Å²) in [7, 11) is 0. The Morgan fingerprint density at radius 2 is 2.20 bits per heavy atom. The van der Waals surface area contributed by atoms with Crippen LogP contribution in [0.2, 0.25) is 5.15 Å². The Morgan fingerprint density at radius 3 is 2.93 bits per heavy atom. The highest BCUT2D eigenvalue weighted by Crippen LogP contribution is 2.17. The van der Waals surface area contributed by atoms with Gasteiger partial charge in [0.2, 0.25) is 0 Å². The molecule has 0 N–H and O–H groups in total. The van der Waals surface area contributed by atoms with Gasteiger partial charge in [0.15, 0.2) is 6.29 Å². The van der Waals surface area contributed by atoms with Gasteiger partial charge >= 0.3 is 0 Å². The van der Waals surface area contributed by atoms with E-state index in [0.717, 1.165) is 5.56 Å². The van der Waals surface area contributed by atoms with E-state index in [1.807, 2.05) is 0 Å². The van der Waals surface area contributed by atoms with Crippen molar-refractivity contribution >= 4 is 17.9 Å². The predicted molar refractivity (Wildman–Crippen MR) is 55.7 cm³/mol. The SMILES string of the molecule is O=Cc1cc(-c2cncc(Cl)n2)ccn1. The summed E-state index contributed by atoms with van der Waals surface area (Å²) in [4.78, 5) is 22.4. The maximum Gasteiger partial charge on any atom is 0.168 e. The maximum absolute atomic E-state index is 10.5. The molecule has 0 aromatic carbocycles. The third-order valence-electron chi connectivity index (χ3n) is 1.80. The highest BCUT2D eigenvalue weighted by molar-refractivity contribution is 6.29. The van der Waals surface area contributed by atoms with E-state index in [1.54, 1.807) is 24.5 Å². The first kappa shape index (κ1) is 9.73. The second kappa shape index (κ2) is 4.14. The minimum atomic E-state index is 0.317. The highest BCUT2D eigenvalue weighted by atomic mass is 35.5. The van der Waals surface area contributed by atoms with E-state index < -0.39 is 0 Å². The number of hydrogen-bond donors (Lipinski definition) is 0. The molecule has 0 aliphatic heterocycles. The molecule has 0 radical (unpaired) electrons. The molecule has 74 valence electrons. The minimum absolute atomic E-state index is 0.317. The largest absolute Gasteiger partial charge is 0.296 e. The Morgan fingerprint density at radius 1 is 1.33 bits per heavy atom. The number of pyridine rings is 1. The highest BCUT2D eigenvalue weighted by Gasteiger charge is 2.02. The van der Waals surface area contributed by atoms with Crippen LogP contribution >= 0.6 is 11.6 Å². The number of hydrogen-bond acceptors (Lipinski definition) is 4. The van der Waals surface area contributed by atoms with E-state index in [-0.39, 0.29) is 0 Å². The van der Waals surface area contributed by atoms with Crippen molar-refractivity contribution in [3.05, 3.63) is 41.6 Å². The number of carbonyl (C=O) groups is 1. The van der Waals surface area contributed by atoms with Crippen LogP contribution < -0.4 is 0 Å². The second-order valence-electron chi connectivity index (χ2n) is 2.81. The normalized spacial score (nSPS) is 9.93. The van der Waals surface area contributed by atoms with E-state index in [0.29, 0.717) is 22.8 Å². The molecule has 4 nitrogen and oxygen atoms in total. The third-order valence-corrected chi connectivity index (χ3v) is 1.98. The molecule has 0 spiro atoms. The Hall–Kier alpha value is -1.81. The topological polar surface area (TPSA) is 55.7 Å². The lowest BCUT2D eigenvalue weighted by Gasteiger charge is -2.00. The van der Waals surface area contributed by atoms with Crippen LogP contribution in [-0.4, -0.2) is 21.2 Å². The molecule has 2 aromatic heterocycles. The van der Waals surface area contributed by atoms with Crippen molar-refractivity contribution in [2.45, 2.75) is 0 Å². The maximum atomic E-state index is 10.5. The van der Waals surface area contributed by atoms with Crippen molar-refractivity contribution in [2.24, 2.45) is 0 Å². The zero-order valence-electron chi connectivity index (χ0n) is 7.59. The molecule has 0 unspecified atom stereocenters. The fourth-order valence-electron chi connectivity index (χ4n) is 1.15. The monoisotopic (exact) mass is 219 g/mol. The van der Waals surface area contributed by atoms with E-state index >= 15 is 0 Å². The summed E-state index contributed by atoms with van der Waals surface area (Å²) in [5.74, 6) is 0. The predicted octanol–water partition coefficient (Wildman–Crippen LogP) is 2.00. The molecule has 2 aromatic rings. The zero-order valence-corrected chi connectivity index (χ0v) is 8.35. The van der Waals surface area contributed by atoms with Crippen LogP contribution in [-0.2, 0) is 0 Å². The fourth-order valence-corrected chi connectivity index (χ4v) is 1.30. The van der Waals surface area contributed by atoms with E-state index in [2.05, 4.69) is 15.0 Å². The number of nitrogens with zero attached hydrogens (tertiary/aromatic N) is 3. The van der Waals surface area contributed by atoms with Crippen LogP contribution in [0.25, 0.3) is 11.3 Å². The van der Waals surface area contributed by atoms with Crippen molar-refractivity contribution in [3.63, 3.8) is 0 Å². The molecule has 15 heavy (non-hydrogen) atoms. The van der Waals surface area contributed by atoms with Gasteiger partial charge in [-0.2, -0.15) is 0 Å². The van der Waals surface area contributed by atoms with Crippen LogP contribution in [0, 0.1) is 0 Å². The van der Waals surface area contributed by atoms with Crippen LogP contribution in [0.3, 0.4) is 0 Å². The minimum Gasteiger partial charge on any atom is -0.296 e. The first-order chi connectivity index (χ1) is 7.29. The van der Waals surface area contributed by atoms with Gasteiger partial charge in [0, 0.05) is 11.8 Å². The third kappa shape index (κ3) is 2.16. The molecule has 0 amide bonds. The molecule has 0 aliphatic rings. The Balaban J connectivity index is 2.49. The number of aromatic nitrogens is 3. The molecule has 0 saturated carbocycles. The Bertz CT molecular complexity index is 502. The van der Waals surface area contributed by atoms with Gasteiger partial charge in [0.25, 0.3) is 0 Å². The van der Waals surface area contributed by atoms with Crippen molar-refractivity contribution < 1.29 is 4.79 Å². The van der Waals surface area contributed by atoms with Gasteiger partial charge in [-0.1, -0.05) is 11.6 Å². The smallest absolute Gasteiger partial charge is 0.168 e. The van der Waals surface area contributed by atoms with Crippen molar-refractivity contribution in [2.75, 3.05) is 0 Å². The second-order valence-corrected chi connectivity index (χ2v) is 3.20. The molecule has 2 heterocycles.